The normalized spacial score (nSPS) is 10.0. The molecule has 0 saturated heterocycles. The average Bonchev–Trinajstić information content (AvgIpc) is 2.34. The van der Waals surface area contributed by atoms with E-state index in [0.717, 1.165) is 0 Å². The van der Waals surface area contributed by atoms with Gasteiger partial charge < -0.3 is 16.4 Å². The highest BCUT2D eigenvalue weighted by Crippen LogP contribution is 2.25. The van der Waals surface area contributed by atoms with Crippen LogP contribution < -0.4 is 16.4 Å². The third-order valence-electron chi connectivity index (χ3n) is 2.35. The van der Waals surface area contributed by atoms with Crippen LogP contribution in [0.25, 0.3) is 0 Å². The molecule has 4 N–H and O–H groups in total. The van der Waals surface area contributed by atoms with Gasteiger partial charge in [-0.25, -0.2) is 9.18 Å². The van der Waals surface area contributed by atoms with E-state index < -0.39 is 11.8 Å². The van der Waals surface area contributed by atoms with Gasteiger partial charge >= 0.3 is 6.03 Å². The Hall–Kier alpha value is -2.08. The SMILES string of the molecule is Nc1cccc(NC(=O)Nc2c(F)cccc2Br)c1. The van der Waals surface area contributed by atoms with Crippen molar-refractivity contribution in [2.45, 2.75) is 0 Å². The van der Waals surface area contributed by atoms with E-state index in [2.05, 4.69) is 26.6 Å². The largest absolute Gasteiger partial charge is 0.399 e. The monoisotopic (exact) mass is 323 g/mol. The fourth-order valence-corrected chi connectivity index (χ4v) is 1.95. The smallest absolute Gasteiger partial charge is 0.323 e. The van der Waals surface area contributed by atoms with Gasteiger partial charge in [-0.05, 0) is 46.3 Å². The van der Waals surface area contributed by atoms with Gasteiger partial charge in [-0.2, -0.15) is 0 Å². The summed E-state index contributed by atoms with van der Waals surface area (Å²) in [4.78, 5) is 11.7. The number of carbonyl (C=O) groups is 1. The van der Waals surface area contributed by atoms with E-state index in [-0.39, 0.29) is 5.69 Å². The standard InChI is InChI=1S/C13H11BrFN3O/c14-10-5-2-6-11(15)12(10)18-13(19)17-9-4-1-3-8(16)7-9/h1-7H,16H2,(H2,17,18,19). The van der Waals surface area contributed by atoms with Crippen molar-refractivity contribution in [3.05, 3.63) is 52.8 Å². The maximum absolute atomic E-state index is 13.5. The zero-order chi connectivity index (χ0) is 13.8. The van der Waals surface area contributed by atoms with Crippen molar-refractivity contribution in [2.24, 2.45) is 0 Å². The van der Waals surface area contributed by atoms with E-state index in [9.17, 15) is 9.18 Å². The van der Waals surface area contributed by atoms with Crippen LogP contribution in [0.1, 0.15) is 0 Å². The van der Waals surface area contributed by atoms with Crippen LogP contribution in [0.5, 0.6) is 0 Å². The van der Waals surface area contributed by atoms with Gasteiger partial charge in [-0.15, -0.1) is 0 Å². The second-order valence-corrected chi connectivity index (χ2v) is 4.66. The van der Waals surface area contributed by atoms with Crippen molar-refractivity contribution in [3.63, 3.8) is 0 Å². The first-order valence-electron chi connectivity index (χ1n) is 5.44. The molecule has 0 saturated carbocycles. The number of hydrogen-bond donors (Lipinski definition) is 3. The molecule has 0 fully saturated rings. The molecule has 0 aliphatic carbocycles. The van der Waals surface area contributed by atoms with Crippen molar-refractivity contribution in [1.82, 2.24) is 0 Å². The Morgan fingerprint density at radius 1 is 1.16 bits per heavy atom. The number of carbonyl (C=O) groups excluding carboxylic acids is 1. The van der Waals surface area contributed by atoms with E-state index in [0.29, 0.717) is 15.8 Å². The van der Waals surface area contributed by atoms with Crippen molar-refractivity contribution in [1.29, 1.82) is 0 Å². The minimum atomic E-state index is -0.545. The molecule has 2 amide bonds. The van der Waals surface area contributed by atoms with Gasteiger partial charge in [0.15, 0.2) is 0 Å². The molecule has 0 unspecified atom stereocenters. The van der Waals surface area contributed by atoms with Crippen LogP contribution in [-0.2, 0) is 0 Å². The third kappa shape index (κ3) is 3.45. The molecular weight excluding hydrogens is 313 g/mol. The summed E-state index contributed by atoms with van der Waals surface area (Å²) in [5.41, 5.74) is 6.75. The lowest BCUT2D eigenvalue weighted by atomic mass is 10.3. The third-order valence-corrected chi connectivity index (χ3v) is 3.01. The number of benzene rings is 2. The summed E-state index contributed by atoms with van der Waals surface area (Å²) in [5, 5.41) is 5.00. The first-order valence-corrected chi connectivity index (χ1v) is 6.23. The first kappa shape index (κ1) is 13.4. The van der Waals surface area contributed by atoms with Crippen LogP contribution in [0.4, 0.5) is 26.2 Å². The molecule has 0 spiro atoms. The summed E-state index contributed by atoms with van der Waals surface area (Å²) in [5.74, 6) is -0.517. The lowest BCUT2D eigenvalue weighted by Gasteiger charge is -2.10. The predicted molar refractivity (Wildman–Crippen MR) is 77.6 cm³/mol. The van der Waals surface area contributed by atoms with Crippen LogP contribution in [0.3, 0.4) is 0 Å². The molecule has 6 heteroatoms. The topological polar surface area (TPSA) is 67.1 Å². The quantitative estimate of drug-likeness (QED) is 0.735. The van der Waals surface area contributed by atoms with Crippen molar-refractivity contribution >= 4 is 39.0 Å². The summed E-state index contributed by atoms with van der Waals surface area (Å²) in [6, 6.07) is 10.6. The molecule has 0 atom stereocenters. The predicted octanol–water partition coefficient (Wildman–Crippen LogP) is 3.81. The van der Waals surface area contributed by atoms with Crippen LogP contribution in [0, 0.1) is 5.82 Å². The first-order chi connectivity index (χ1) is 9.06. The Bertz CT molecular complexity index is 598. The van der Waals surface area contributed by atoms with Crippen LogP contribution >= 0.6 is 15.9 Å². The summed E-state index contributed by atoms with van der Waals surface area (Å²) >= 11 is 3.17. The van der Waals surface area contributed by atoms with E-state index >= 15 is 0 Å². The molecule has 0 aliphatic heterocycles. The number of amides is 2. The number of rotatable bonds is 2. The number of urea groups is 1. The number of halogens is 2. The minimum absolute atomic E-state index is 0.0869. The van der Waals surface area contributed by atoms with Crippen molar-refractivity contribution in [2.75, 3.05) is 16.4 Å². The summed E-state index contributed by atoms with van der Waals surface area (Å²) in [6.45, 7) is 0. The molecule has 4 nitrogen and oxygen atoms in total. The van der Waals surface area contributed by atoms with E-state index in [1.807, 2.05) is 0 Å². The van der Waals surface area contributed by atoms with Crippen LogP contribution in [-0.4, -0.2) is 6.03 Å². The van der Waals surface area contributed by atoms with Crippen molar-refractivity contribution in [3.8, 4) is 0 Å². The van der Waals surface area contributed by atoms with Gasteiger partial charge in [0, 0.05) is 15.8 Å². The maximum atomic E-state index is 13.5. The van der Waals surface area contributed by atoms with Gasteiger partial charge in [0.2, 0.25) is 0 Å². The van der Waals surface area contributed by atoms with Gasteiger partial charge in [-0.1, -0.05) is 12.1 Å². The van der Waals surface area contributed by atoms with Gasteiger partial charge in [0.25, 0.3) is 0 Å². The minimum Gasteiger partial charge on any atom is -0.399 e. The zero-order valence-corrected chi connectivity index (χ0v) is 11.4. The molecular formula is C13H11BrFN3O. The Labute approximate surface area is 117 Å². The van der Waals surface area contributed by atoms with E-state index in [1.54, 1.807) is 36.4 Å². The second-order valence-electron chi connectivity index (χ2n) is 3.80. The van der Waals surface area contributed by atoms with Gasteiger partial charge in [0.1, 0.15) is 5.82 Å². The molecule has 19 heavy (non-hydrogen) atoms. The average molecular weight is 324 g/mol. The highest BCUT2D eigenvalue weighted by Gasteiger charge is 2.10. The Morgan fingerprint density at radius 2 is 1.89 bits per heavy atom. The molecule has 2 rings (SSSR count). The Kier molecular flexibility index (Phi) is 4.01. The number of hydrogen-bond acceptors (Lipinski definition) is 2. The lowest BCUT2D eigenvalue weighted by molar-refractivity contribution is 0.262. The summed E-state index contributed by atoms with van der Waals surface area (Å²) in [7, 11) is 0. The maximum Gasteiger partial charge on any atom is 0.323 e. The molecule has 0 bridgehead atoms. The number of nitrogen functional groups attached to an aromatic ring is 1. The molecule has 0 heterocycles. The van der Waals surface area contributed by atoms with Gasteiger partial charge in [0.05, 0.1) is 5.69 Å². The molecule has 2 aromatic rings. The number of nitrogens with one attached hydrogen (secondary N) is 2. The fraction of sp³-hybridized carbons (Fsp3) is 0. The highest BCUT2D eigenvalue weighted by molar-refractivity contribution is 9.10. The second kappa shape index (κ2) is 5.71. The number of para-hydroxylation sites is 1. The molecule has 2 aromatic carbocycles. The number of anilines is 3. The molecule has 0 aliphatic rings. The molecule has 0 aromatic heterocycles. The van der Waals surface area contributed by atoms with Crippen molar-refractivity contribution < 1.29 is 9.18 Å². The number of nitrogens with two attached hydrogens (primary N) is 1. The van der Waals surface area contributed by atoms with E-state index in [1.165, 1.54) is 6.07 Å². The van der Waals surface area contributed by atoms with Crippen LogP contribution in [0.15, 0.2) is 46.9 Å². The summed E-state index contributed by atoms with van der Waals surface area (Å²) < 4.78 is 14.0. The molecule has 98 valence electrons. The van der Waals surface area contributed by atoms with Gasteiger partial charge in [-0.3, -0.25) is 0 Å². The molecule has 0 radical (unpaired) electrons. The lowest BCUT2D eigenvalue weighted by Crippen LogP contribution is -2.20. The summed E-state index contributed by atoms with van der Waals surface area (Å²) in [6.07, 6.45) is 0. The Morgan fingerprint density at radius 3 is 2.58 bits per heavy atom. The van der Waals surface area contributed by atoms with E-state index in [4.69, 9.17) is 5.73 Å². The highest BCUT2D eigenvalue weighted by atomic mass is 79.9. The fourth-order valence-electron chi connectivity index (χ4n) is 1.51. The van der Waals surface area contributed by atoms with Crippen LogP contribution in [0.2, 0.25) is 0 Å². The zero-order valence-electron chi connectivity index (χ0n) is 9.78. The Balaban J connectivity index is 2.10.